The zero-order chi connectivity index (χ0) is 19.4. The van der Waals surface area contributed by atoms with E-state index >= 15 is 0 Å². The Bertz CT molecular complexity index is 778. The first-order valence-electron chi connectivity index (χ1n) is 9.73. The Morgan fingerprint density at radius 3 is 2.30 bits per heavy atom. The van der Waals surface area contributed by atoms with Crippen molar-refractivity contribution >= 4 is 17.5 Å². The Hall–Kier alpha value is -2.63. The van der Waals surface area contributed by atoms with Crippen molar-refractivity contribution in [1.82, 2.24) is 15.1 Å². The Morgan fingerprint density at radius 2 is 1.70 bits per heavy atom. The fourth-order valence-corrected chi connectivity index (χ4v) is 3.48. The largest absolute Gasteiger partial charge is 0.356 e. The Labute approximate surface area is 161 Å². The van der Waals surface area contributed by atoms with Crippen molar-refractivity contribution < 1.29 is 4.79 Å². The minimum atomic E-state index is 0.124. The molecule has 0 atom stereocenters. The molecule has 0 spiro atoms. The Kier molecular flexibility index (Phi) is 5.94. The molecule has 0 radical (unpaired) electrons. The number of carbonyl (C=O) groups is 1. The maximum absolute atomic E-state index is 12.9. The van der Waals surface area contributed by atoms with Crippen LogP contribution in [0.25, 0.3) is 0 Å². The molecule has 0 bridgehead atoms. The summed E-state index contributed by atoms with van der Waals surface area (Å²) in [5, 5.41) is 8.78. The van der Waals surface area contributed by atoms with Crippen molar-refractivity contribution in [2.75, 3.05) is 49.1 Å². The van der Waals surface area contributed by atoms with Gasteiger partial charge in [0.2, 0.25) is 0 Å². The normalized spacial score (nSPS) is 14.4. The molecule has 0 aliphatic carbocycles. The first-order valence-corrected chi connectivity index (χ1v) is 9.73. The van der Waals surface area contributed by atoms with Gasteiger partial charge in [0.05, 0.1) is 0 Å². The van der Waals surface area contributed by atoms with Crippen molar-refractivity contribution in [3.8, 4) is 0 Å². The first-order chi connectivity index (χ1) is 13.0. The summed E-state index contributed by atoms with van der Waals surface area (Å²) in [5.74, 6) is 1.91. The molecule has 144 valence electrons. The average Bonchev–Trinajstić information content (AvgIpc) is 2.71. The van der Waals surface area contributed by atoms with Gasteiger partial charge < -0.3 is 14.7 Å². The standard InChI is InChI=1S/C21H29N5O/c1-5-24(6-2)19-9-10-20(23-22-19)25-11-13-26(14-12-25)21(27)18-15-16(3)7-8-17(18)4/h7-10,15H,5-6,11-14H2,1-4H3. The van der Waals surface area contributed by atoms with Gasteiger partial charge in [-0.2, -0.15) is 0 Å². The molecule has 1 fully saturated rings. The van der Waals surface area contributed by atoms with Gasteiger partial charge in [0.1, 0.15) is 0 Å². The summed E-state index contributed by atoms with van der Waals surface area (Å²) in [6, 6.07) is 10.1. The fourth-order valence-electron chi connectivity index (χ4n) is 3.48. The van der Waals surface area contributed by atoms with Gasteiger partial charge in [-0.05, 0) is 51.5 Å². The number of carbonyl (C=O) groups excluding carboxylic acids is 1. The van der Waals surface area contributed by atoms with E-state index in [2.05, 4.69) is 33.8 Å². The molecule has 1 amide bonds. The van der Waals surface area contributed by atoms with Crippen LogP contribution >= 0.6 is 0 Å². The quantitative estimate of drug-likeness (QED) is 0.813. The van der Waals surface area contributed by atoms with Gasteiger partial charge in [-0.1, -0.05) is 17.7 Å². The molecular formula is C21H29N5O. The Morgan fingerprint density at radius 1 is 1.00 bits per heavy atom. The lowest BCUT2D eigenvalue weighted by molar-refractivity contribution is 0.0745. The van der Waals surface area contributed by atoms with E-state index in [1.54, 1.807) is 0 Å². The number of hydrogen-bond acceptors (Lipinski definition) is 5. The average molecular weight is 367 g/mol. The topological polar surface area (TPSA) is 52.6 Å². The van der Waals surface area contributed by atoms with Crippen LogP contribution < -0.4 is 9.80 Å². The van der Waals surface area contributed by atoms with E-state index in [1.807, 2.05) is 49.1 Å². The van der Waals surface area contributed by atoms with Crippen molar-refractivity contribution in [3.63, 3.8) is 0 Å². The van der Waals surface area contributed by atoms with Gasteiger partial charge in [0, 0.05) is 44.8 Å². The predicted molar refractivity (Wildman–Crippen MR) is 110 cm³/mol. The molecule has 3 rings (SSSR count). The van der Waals surface area contributed by atoms with Gasteiger partial charge >= 0.3 is 0 Å². The van der Waals surface area contributed by atoms with Crippen LogP contribution in [0.1, 0.15) is 35.3 Å². The monoisotopic (exact) mass is 367 g/mol. The van der Waals surface area contributed by atoms with Crippen LogP contribution in [0.3, 0.4) is 0 Å². The number of benzene rings is 1. The van der Waals surface area contributed by atoms with Crippen LogP contribution in [0.5, 0.6) is 0 Å². The highest BCUT2D eigenvalue weighted by Crippen LogP contribution is 2.19. The molecule has 1 aromatic heterocycles. The van der Waals surface area contributed by atoms with Crippen molar-refractivity contribution in [1.29, 1.82) is 0 Å². The molecule has 27 heavy (non-hydrogen) atoms. The van der Waals surface area contributed by atoms with Gasteiger partial charge in [-0.3, -0.25) is 4.79 Å². The predicted octanol–water partition coefficient (Wildman–Crippen LogP) is 2.90. The number of aryl methyl sites for hydroxylation is 2. The van der Waals surface area contributed by atoms with E-state index in [9.17, 15) is 4.79 Å². The highest BCUT2D eigenvalue weighted by molar-refractivity contribution is 5.96. The summed E-state index contributed by atoms with van der Waals surface area (Å²) in [6.45, 7) is 13.0. The highest BCUT2D eigenvalue weighted by Gasteiger charge is 2.24. The van der Waals surface area contributed by atoms with Crippen LogP contribution in [0, 0.1) is 13.8 Å². The highest BCUT2D eigenvalue weighted by atomic mass is 16.2. The first kappa shape index (κ1) is 19.1. The number of nitrogens with zero attached hydrogens (tertiary/aromatic N) is 5. The van der Waals surface area contributed by atoms with Crippen molar-refractivity contribution in [2.45, 2.75) is 27.7 Å². The molecule has 6 heteroatoms. The molecule has 0 unspecified atom stereocenters. The van der Waals surface area contributed by atoms with Crippen molar-refractivity contribution in [3.05, 3.63) is 47.0 Å². The minimum Gasteiger partial charge on any atom is -0.356 e. The maximum atomic E-state index is 12.9. The van der Waals surface area contributed by atoms with Crippen LogP contribution in [-0.4, -0.2) is 60.3 Å². The molecule has 0 N–H and O–H groups in total. The molecule has 1 aliphatic rings. The van der Waals surface area contributed by atoms with E-state index in [1.165, 1.54) is 0 Å². The van der Waals surface area contributed by atoms with E-state index in [-0.39, 0.29) is 5.91 Å². The van der Waals surface area contributed by atoms with Crippen molar-refractivity contribution in [2.24, 2.45) is 0 Å². The molecular weight excluding hydrogens is 338 g/mol. The van der Waals surface area contributed by atoms with E-state index < -0.39 is 0 Å². The molecule has 0 saturated carbocycles. The molecule has 1 aliphatic heterocycles. The second-order valence-corrected chi connectivity index (χ2v) is 7.02. The summed E-state index contributed by atoms with van der Waals surface area (Å²) in [7, 11) is 0. The number of anilines is 2. The lowest BCUT2D eigenvalue weighted by Crippen LogP contribution is -2.49. The number of rotatable bonds is 5. The lowest BCUT2D eigenvalue weighted by Gasteiger charge is -2.35. The van der Waals surface area contributed by atoms with Gasteiger partial charge in [-0.25, -0.2) is 0 Å². The van der Waals surface area contributed by atoms with Crippen LogP contribution in [0.2, 0.25) is 0 Å². The number of amides is 1. The third kappa shape index (κ3) is 4.21. The summed E-state index contributed by atoms with van der Waals surface area (Å²) in [6.07, 6.45) is 0. The summed E-state index contributed by atoms with van der Waals surface area (Å²) in [4.78, 5) is 19.2. The van der Waals surface area contributed by atoms with E-state index in [4.69, 9.17) is 0 Å². The number of aromatic nitrogens is 2. The number of hydrogen-bond donors (Lipinski definition) is 0. The van der Waals surface area contributed by atoms with Crippen LogP contribution in [0.4, 0.5) is 11.6 Å². The van der Waals surface area contributed by atoms with Gasteiger partial charge in [0.15, 0.2) is 11.6 Å². The number of piperazine rings is 1. The van der Waals surface area contributed by atoms with Gasteiger partial charge in [0.25, 0.3) is 5.91 Å². The maximum Gasteiger partial charge on any atom is 0.254 e. The van der Waals surface area contributed by atoms with E-state index in [0.717, 1.165) is 54.5 Å². The zero-order valence-corrected chi connectivity index (χ0v) is 16.8. The third-order valence-corrected chi connectivity index (χ3v) is 5.24. The summed E-state index contributed by atoms with van der Waals surface area (Å²) in [5.41, 5.74) is 2.96. The summed E-state index contributed by atoms with van der Waals surface area (Å²) >= 11 is 0. The Balaban J connectivity index is 1.63. The van der Waals surface area contributed by atoms with Crippen LogP contribution in [-0.2, 0) is 0 Å². The second kappa shape index (κ2) is 8.37. The molecule has 6 nitrogen and oxygen atoms in total. The second-order valence-electron chi connectivity index (χ2n) is 7.02. The molecule has 1 aromatic carbocycles. The molecule has 2 aromatic rings. The van der Waals surface area contributed by atoms with E-state index in [0.29, 0.717) is 13.1 Å². The third-order valence-electron chi connectivity index (χ3n) is 5.24. The molecule has 1 saturated heterocycles. The van der Waals surface area contributed by atoms with Gasteiger partial charge in [-0.15, -0.1) is 10.2 Å². The van der Waals surface area contributed by atoms with Crippen LogP contribution in [0.15, 0.2) is 30.3 Å². The zero-order valence-electron chi connectivity index (χ0n) is 16.8. The lowest BCUT2D eigenvalue weighted by atomic mass is 10.0. The molecule has 2 heterocycles. The summed E-state index contributed by atoms with van der Waals surface area (Å²) < 4.78 is 0. The fraction of sp³-hybridized carbons (Fsp3) is 0.476. The minimum absolute atomic E-state index is 0.124. The SMILES string of the molecule is CCN(CC)c1ccc(N2CCN(C(=O)c3cc(C)ccc3C)CC2)nn1. The smallest absolute Gasteiger partial charge is 0.254 e.